The number of fused-ring (bicyclic) bond motifs is 1. The van der Waals surface area contributed by atoms with Crippen LogP contribution in [0.2, 0.25) is 0 Å². The number of unbranched alkanes of at least 4 members (excludes halogenated alkanes) is 1. The zero-order chi connectivity index (χ0) is 24.1. The average molecular weight is 480 g/mol. The average Bonchev–Trinajstić information content (AvgIpc) is 3.26. The van der Waals surface area contributed by atoms with Crippen molar-refractivity contribution in [1.29, 1.82) is 0 Å². The van der Waals surface area contributed by atoms with Crippen LogP contribution in [0.15, 0.2) is 65.0 Å². The highest BCUT2D eigenvalue weighted by atomic mass is 32.1. The van der Waals surface area contributed by atoms with Crippen molar-refractivity contribution in [3.05, 3.63) is 82.0 Å². The molecule has 0 aliphatic carbocycles. The predicted octanol–water partition coefficient (Wildman–Crippen LogP) is 4.86. The minimum Gasteiger partial charge on any atom is -0.462 e. The third-order valence-electron chi connectivity index (χ3n) is 5.14. The Morgan fingerprint density at radius 3 is 2.74 bits per heavy atom. The molecule has 0 spiro atoms. The molecule has 0 unspecified atom stereocenters. The number of benzene rings is 2. The van der Waals surface area contributed by atoms with E-state index in [0.29, 0.717) is 39.2 Å². The summed E-state index contributed by atoms with van der Waals surface area (Å²) in [4.78, 5) is 42.8. The molecule has 1 N–H and O–H groups in total. The molecule has 4 rings (SSSR count). The second-order valence-corrected chi connectivity index (χ2v) is 8.49. The van der Waals surface area contributed by atoms with Crippen LogP contribution in [0.1, 0.15) is 30.1 Å². The lowest BCUT2D eigenvalue weighted by Gasteiger charge is -2.09. The van der Waals surface area contributed by atoms with Gasteiger partial charge >= 0.3 is 5.97 Å². The first-order valence-corrected chi connectivity index (χ1v) is 11.6. The van der Waals surface area contributed by atoms with Crippen LogP contribution in [0.4, 0.5) is 10.1 Å². The molecule has 7 nitrogen and oxygen atoms in total. The summed E-state index contributed by atoms with van der Waals surface area (Å²) in [5, 5.41) is 4.87. The topological polar surface area (TPSA) is 90.3 Å². The molecule has 174 valence electrons. The van der Waals surface area contributed by atoms with Gasteiger partial charge in [-0.3, -0.25) is 14.2 Å². The van der Waals surface area contributed by atoms with E-state index in [-0.39, 0.29) is 17.9 Å². The molecule has 34 heavy (non-hydrogen) atoms. The van der Waals surface area contributed by atoms with Crippen LogP contribution in [0.5, 0.6) is 0 Å². The second kappa shape index (κ2) is 10.4. The van der Waals surface area contributed by atoms with Gasteiger partial charge in [0.25, 0.3) is 5.56 Å². The summed E-state index contributed by atoms with van der Waals surface area (Å²) in [5.74, 6) is -1.27. The van der Waals surface area contributed by atoms with Crippen molar-refractivity contribution >= 4 is 39.1 Å². The first-order valence-electron chi connectivity index (χ1n) is 10.8. The highest BCUT2D eigenvalue weighted by Crippen LogP contribution is 2.30. The number of carbonyl (C=O) groups excluding carboxylic acids is 2. The Kier molecular flexibility index (Phi) is 7.12. The van der Waals surface area contributed by atoms with Crippen molar-refractivity contribution in [2.24, 2.45) is 0 Å². The Hall–Kier alpha value is -3.85. The number of hydrogen-bond acceptors (Lipinski definition) is 6. The van der Waals surface area contributed by atoms with Crippen LogP contribution >= 0.6 is 11.3 Å². The van der Waals surface area contributed by atoms with Crippen LogP contribution in [0, 0.1) is 5.82 Å². The summed E-state index contributed by atoms with van der Waals surface area (Å²) in [7, 11) is 0. The van der Waals surface area contributed by atoms with Gasteiger partial charge in [0.05, 0.1) is 23.9 Å². The molecule has 0 saturated heterocycles. The lowest BCUT2D eigenvalue weighted by Crippen LogP contribution is -2.27. The molecule has 1 amide bonds. The largest absolute Gasteiger partial charge is 0.462 e. The van der Waals surface area contributed by atoms with Gasteiger partial charge in [-0.2, -0.15) is 0 Å². The van der Waals surface area contributed by atoms with Gasteiger partial charge in [0.15, 0.2) is 0 Å². The van der Waals surface area contributed by atoms with Crippen LogP contribution in [-0.4, -0.2) is 28.0 Å². The Labute approximate surface area is 198 Å². The van der Waals surface area contributed by atoms with E-state index in [4.69, 9.17) is 4.74 Å². The molecule has 0 radical (unpaired) electrons. The van der Waals surface area contributed by atoms with Crippen molar-refractivity contribution in [3.63, 3.8) is 0 Å². The van der Waals surface area contributed by atoms with Gasteiger partial charge in [0, 0.05) is 16.6 Å². The van der Waals surface area contributed by atoms with E-state index in [2.05, 4.69) is 10.3 Å². The van der Waals surface area contributed by atoms with Crippen LogP contribution < -0.4 is 10.9 Å². The van der Waals surface area contributed by atoms with Gasteiger partial charge in [-0.25, -0.2) is 14.2 Å². The van der Waals surface area contributed by atoms with Gasteiger partial charge in [-0.15, -0.1) is 11.3 Å². The summed E-state index contributed by atoms with van der Waals surface area (Å²) in [5.41, 5.74) is 1.71. The van der Waals surface area contributed by atoms with E-state index in [0.717, 1.165) is 12.8 Å². The number of ether oxygens (including phenoxy) is 1. The van der Waals surface area contributed by atoms with Crippen molar-refractivity contribution in [1.82, 2.24) is 9.55 Å². The number of carbonyl (C=O) groups is 2. The predicted molar refractivity (Wildman–Crippen MR) is 130 cm³/mol. The summed E-state index contributed by atoms with van der Waals surface area (Å²) < 4.78 is 19.7. The van der Waals surface area contributed by atoms with E-state index in [1.54, 1.807) is 35.7 Å². The summed E-state index contributed by atoms with van der Waals surface area (Å²) in [6.07, 6.45) is 3.03. The van der Waals surface area contributed by atoms with Gasteiger partial charge in [-0.1, -0.05) is 31.5 Å². The normalized spacial score (nSPS) is 10.9. The summed E-state index contributed by atoms with van der Waals surface area (Å²) in [6, 6.07) is 12.3. The highest BCUT2D eigenvalue weighted by molar-refractivity contribution is 7.17. The molecule has 0 atom stereocenters. The van der Waals surface area contributed by atoms with Crippen LogP contribution in [0.3, 0.4) is 0 Å². The first-order chi connectivity index (χ1) is 16.5. The van der Waals surface area contributed by atoms with Crippen molar-refractivity contribution in [2.45, 2.75) is 26.3 Å². The SMILES string of the molecule is CCCCOC(=O)c1cccc(NC(=O)Cn2cnc3scc(-c4ccc(F)cc4)c3c2=O)c1. The Morgan fingerprint density at radius 2 is 1.97 bits per heavy atom. The highest BCUT2D eigenvalue weighted by Gasteiger charge is 2.15. The lowest BCUT2D eigenvalue weighted by molar-refractivity contribution is -0.116. The van der Waals surface area contributed by atoms with E-state index in [1.807, 2.05) is 6.92 Å². The number of nitrogens with one attached hydrogen (secondary N) is 1. The fourth-order valence-corrected chi connectivity index (χ4v) is 4.30. The van der Waals surface area contributed by atoms with Gasteiger partial charge < -0.3 is 10.1 Å². The number of rotatable bonds is 8. The molecule has 4 aromatic rings. The molecule has 2 aromatic carbocycles. The van der Waals surface area contributed by atoms with Gasteiger partial charge in [-0.05, 0) is 42.3 Å². The quantitative estimate of drug-likeness (QED) is 0.288. The van der Waals surface area contributed by atoms with E-state index < -0.39 is 11.9 Å². The van der Waals surface area contributed by atoms with E-state index in [1.165, 1.54) is 40.4 Å². The fourth-order valence-electron chi connectivity index (χ4n) is 3.39. The van der Waals surface area contributed by atoms with Crippen molar-refractivity contribution < 1.29 is 18.7 Å². The molecule has 0 aliphatic heterocycles. The third kappa shape index (κ3) is 5.20. The maximum Gasteiger partial charge on any atom is 0.338 e. The maximum atomic E-state index is 13.3. The maximum absolute atomic E-state index is 13.3. The molecule has 2 aromatic heterocycles. The molecular formula is C25H22FN3O4S. The smallest absolute Gasteiger partial charge is 0.338 e. The van der Waals surface area contributed by atoms with Gasteiger partial charge in [0.2, 0.25) is 5.91 Å². The Morgan fingerprint density at radius 1 is 1.18 bits per heavy atom. The van der Waals surface area contributed by atoms with Crippen molar-refractivity contribution in [2.75, 3.05) is 11.9 Å². The molecule has 0 saturated carbocycles. The standard InChI is InChI=1S/C25H22FN3O4S/c1-2-3-11-33-25(32)17-5-4-6-19(12-17)28-21(30)13-29-15-27-23-22(24(29)31)20(14-34-23)16-7-9-18(26)10-8-16/h4-10,12,14-15H,2-3,11,13H2,1H3,(H,28,30). The Bertz CT molecular complexity index is 1400. The molecule has 0 bridgehead atoms. The number of halogens is 1. The Balaban J connectivity index is 1.51. The summed E-state index contributed by atoms with van der Waals surface area (Å²) in [6.45, 7) is 2.09. The van der Waals surface area contributed by atoms with Crippen LogP contribution in [-0.2, 0) is 16.1 Å². The summed E-state index contributed by atoms with van der Waals surface area (Å²) >= 11 is 1.31. The number of thiophene rings is 1. The van der Waals surface area contributed by atoms with Gasteiger partial charge in [0.1, 0.15) is 17.2 Å². The number of aromatic nitrogens is 2. The molecule has 0 aliphatic rings. The number of hydrogen-bond donors (Lipinski definition) is 1. The zero-order valence-electron chi connectivity index (χ0n) is 18.4. The number of anilines is 1. The lowest BCUT2D eigenvalue weighted by atomic mass is 10.1. The zero-order valence-corrected chi connectivity index (χ0v) is 19.2. The van der Waals surface area contributed by atoms with E-state index in [9.17, 15) is 18.8 Å². The first kappa shape index (κ1) is 23.3. The van der Waals surface area contributed by atoms with E-state index >= 15 is 0 Å². The minimum absolute atomic E-state index is 0.258. The number of nitrogens with zero attached hydrogens (tertiary/aromatic N) is 2. The van der Waals surface area contributed by atoms with Crippen molar-refractivity contribution in [3.8, 4) is 11.1 Å². The fraction of sp³-hybridized carbons (Fsp3) is 0.200. The molecule has 2 heterocycles. The number of esters is 1. The minimum atomic E-state index is -0.457. The second-order valence-electron chi connectivity index (χ2n) is 7.63. The molecular weight excluding hydrogens is 457 g/mol. The molecule has 9 heteroatoms. The molecule has 0 fully saturated rings. The third-order valence-corrected chi connectivity index (χ3v) is 6.03. The monoisotopic (exact) mass is 479 g/mol. The number of amides is 1. The van der Waals surface area contributed by atoms with Crippen LogP contribution in [0.25, 0.3) is 21.3 Å².